The van der Waals surface area contributed by atoms with Gasteiger partial charge in [-0.1, -0.05) is 12.1 Å². The summed E-state index contributed by atoms with van der Waals surface area (Å²) in [5, 5.41) is 0.739. The van der Waals surface area contributed by atoms with Gasteiger partial charge >= 0.3 is 0 Å². The lowest BCUT2D eigenvalue weighted by molar-refractivity contribution is -0.118. The van der Waals surface area contributed by atoms with Gasteiger partial charge in [0, 0.05) is 49.1 Å². The van der Waals surface area contributed by atoms with Gasteiger partial charge < -0.3 is 24.7 Å². The van der Waals surface area contributed by atoms with E-state index in [-0.39, 0.29) is 5.91 Å². The van der Waals surface area contributed by atoms with Crippen LogP contribution in [-0.4, -0.2) is 49.8 Å². The van der Waals surface area contributed by atoms with E-state index in [1.807, 2.05) is 72.1 Å². The first kappa shape index (κ1) is 23.4. The minimum absolute atomic E-state index is 0.110. The summed E-state index contributed by atoms with van der Waals surface area (Å²) in [5.41, 5.74) is 11.5. The third-order valence-corrected chi connectivity index (χ3v) is 6.61. The summed E-state index contributed by atoms with van der Waals surface area (Å²) < 4.78 is 13.8. The van der Waals surface area contributed by atoms with Crippen LogP contribution < -0.4 is 15.2 Å². The number of amides is 1. The van der Waals surface area contributed by atoms with Crippen LogP contribution in [0.3, 0.4) is 0 Å². The maximum absolute atomic E-state index is 11.8. The Bertz CT molecular complexity index is 1700. The second-order valence-corrected chi connectivity index (χ2v) is 9.05. The smallest absolute Gasteiger partial charge is 0.249 e. The molecule has 3 aromatic heterocycles. The highest BCUT2D eigenvalue weighted by Crippen LogP contribution is 2.43. The van der Waals surface area contributed by atoms with Gasteiger partial charge in [-0.05, 0) is 42.8 Å². The zero-order valence-corrected chi connectivity index (χ0v) is 21.2. The Balaban J connectivity index is 1.51. The third-order valence-electron chi connectivity index (χ3n) is 6.61. The minimum atomic E-state index is -0.110. The van der Waals surface area contributed by atoms with E-state index in [1.165, 1.54) is 6.33 Å². The summed E-state index contributed by atoms with van der Waals surface area (Å²) in [6, 6.07) is 11.3. The summed E-state index contributed by atoms with van der Waals surface area (Å²) in [6.45, 7) is 2.48. The number of nitrogens with two attached hydrogens (primary N) is 1. The van der Waals surface area contributed by atoms with E-state index in [2.05, 4.69) is 19.9 Å². The highest BCUT2D eigenvalue weighted by atomic mass is 16.5. The van der Waals surface area contributed by atoms with Crippen molar-refractivity contribution < 1.29 is 14.3 Å². The molecule has 0 spiro atoms. The number of ether oxygens (including phenoxy) is 2. The first-order valence-corrected chi connectivity index (χ1v) is 12.1. The molecule has 0 unspecified atom stereocenters. The number of pyridine rings is 1. The van der Waals surface area contributed by atoms with Crippen molar-refractivity contribution in [2.24, 2.45) is 12.0 Å². The molecule has 0 saturated carbocycles. The molecule has 0 atom stereocenters. The number of nitrogens with zero attached hydrogens (tertiary/aromatic N) is 6. The van der Waals surface area contributed by atoms with Gasteiger partial charge in [-0.3, -0.25) is 4.79 Å². The number of amidine groups is 1. The average Bonchev–Trinajstić information content (AvgIpc) is 3.22. The monoisotopic (exact) mass is 507 g/mol. The molecule has 2 aliphatic heterocycles. The van der Waals surface area contributed by atoms with Gasteiger partial charge in [0.05, 0.1) is 18.2 Å². The van der Waals surface area contributed by atoms with Crippen LogP contribution in [0.5, 0.6) is 17.4 Å². The van der Waals surface area contributed by atoms with Crippen molar-refractivity contribution in [1.82, 2.24) is 24.4 Å². The standard InChI is InChI=1S/C28H25N7O3/c1-16-5-4-6-23(32-16)38-19-9-7-17(13-20(19)37-3)24-25-27(29)30-15-31-28(25)34(2)26(24)18-8-10-21-33-22(36)11-12-35(21)14-18/h4-10,13-15H,11-12H2,1-3H3,(H2,29,30,31). The predicted octanol–water partition coefficient (Wildman–Crippen LogP) is 4.26. The van der Waals surface area contributed by atoms with E-state index in [1.54, 1.807) is 13.2 Å². The highest BCUT2D eigenvalue weighted by Gasteiger charge is 2.26. The number of aliphatic imine (C=N–C) groups is 1. The molecule has 4 aromatic rings. The quantitative estimate of drug-likeness (QED) is 0.425. The minimum Gasteiger partial charge on any atom is -0.493 e. The molecule has 10 heteroatoms. The third kappa shape index (κ3) is 3.96. The zero-order valence-electron chi connectivity index (χ0n) is 21.2. The molecule has 2 aliphatic rings. The van der Waals surface area contributed by atoms with Gasteiger partial charge in [-0.25, -0.2) is 15.0 Å². The Morgan fingerprint density at radius 3 is 2.76 bits per heavy atom. The first-order valence-electron chi connectivity index (χ1n) is 12.1. The van der Waals surface area contributed by atoms with Gasteiger partial charge in [0.25, 0.3) is 0 Å². The van der Waals surface area contributed by atoms with E-state index in [0.29, 0.717) is 47.6 Å². The van der Waals surface area contributed by atoms with Crippen LogP contribution in [0.2, 0.25) is 0 Å². The Kier molecular flexibility index (Phi) is 5.64. The van der Waals surface area contributed by atoms with Gasteiger partial charge in [0.15, 0.2) is 11.5 Å². The van der Waals surface area contributed by atoms with Crippen molar-refractivity contribution >= 4 is 34.2 Å². The van der Waals surface area contributed by atoms with Crippen molar-refractivity contribution in [2.45, 2.75) is 13.3 Å². The number of anilines is 1. The second kappa shape index (κ2) is 9.15. The molecule has 0 saturated heterocycles. The summed E-state index contributed by atoms with van der Waals surface area (Å²) in [5.74, 6) is 2.46. The molecule has 0 radical (unpaired) electrons. The number of aromatic nitrogens is 4. The van der Waals surface area contributed by atoms with Crippen LogP contribution in [0.15, 0.2) is 66.1 Å². The predicted molar refractivity (Wildman–Crippen MR) is 145 cm³/mol. The maximum atomic E-state index is 11.8. The van der Waals surface area contributed by atoms with E-state index < -0.39 is 0 Å². The topological polar surface area (TPSA) is 121 Å². The number of rotatable bonds is 5. The van der Waals surface area contributed by atoms with Gasteiger partial charge in [-0.15, -0.1) is 0 Å². The van der Waals surface area contributed by atoms with Crippen molar-refractivity contribution in [3.05, 3.63) is 72.5 Å². The number of allylic oxidation sites excluding steroid dienone is 2. The lowest BCUT2D eigenvalue weighted by Gasteiger charge is -2.27. The van der Waals surface area contributed by atoms with Crippen LogP contribution in [0.25, 0.3) is 27.7 Å². The zero-order chi connectivity index (χ0) is 26.4. The molecule has 1 aromatic carbocycles. The normalized spacial score (nSPS) is 14.8. The molecule has 38 heavy (non-hydrogen) atoms. The molecule has 6 rings (SSSR count). The molecule has 1 amide bonds. The van der Waals surface area contributed by atoms with Crippen molar-refractivity contribution in [3.8, 4) is 28.5 Å². The average molecular weight is 508 g/mol. The van der Waals surface area contributed by atoms with Crippen molar-refractivity contribution in [2.75, 3.05) is 19.4 Å². The molecule has 0 bridgehead atoms. The number of methoxy groups -OCH3 is 1. The van der Waals surface area contributed by atoms with E-state index in [4.69, 9.17) is 15.2 Å². The Labute approximate surface area is 218 Å². The Morgan fingerprint density at radius 1 is 1.08 bits per heavy atom. The fourth-order valence-electron chi connectivity index (χ4n) is 4.85. The van der Waals surface area contributed by atoms with Crippen LogP contribution in [0.1, 0.15) is 17.8 Å². The summed E-state index contributed by atoms with van der Waals surface area (Å²) in [7, 11) is 3.55. The number of hydrogen-bond acceptors (Lipinski definition) is 8. The Hall–Kier alpha value is -4.99. The largest absolute Gasteiger partial charge is 0.493 e. The van der Waals surface area contributed by atoms with E-state index >= 15 is 0 Å². The number of fused-ring (bicyclic) bond motifs is 2. The Morgan fingerprint density at radius 2 is 1.95 bits per heavy atom. The van der Waals surface area contributed by atoms with Crippen LogP contribution in [0, 0.1) is 6.92 Å². The fraction of sp³-hybridized carbons (Fsp3) is 0.179. The van der Waals surface area contributed by atoms with Gasteiger partial charge in [-0.2, -0.15) is 4.99 Å². The number of aryl methyl sites for hydroxylation is 2. The number of benzene rings is 1. The van der Waals surface area contributed by atoms with Crippen LogP contribution in [-0.2, 0) is 11.8 Å². The summed E-state index contributed by atoms with van der Waals surface area (Å²) in [6.07, 6.45) is 7.65. The molecule has 2 N–H and O–H groups in total. The maximum Gasteiger partial charge on any atom is 0.249 e. The van der Waals surface area contributed by atoms with Gasteiger partial charge in [0.2, 0.25) is 11.8 Å². The molecule has 190 valence electrons. The van der Waals surface area contributed by atoms with Crippen LogP contribution in [0.4, 0.5) is 5.82 Å². The number of nitrogen functional groups attached to an aromatic ring is 1. The SMILES string of the molecule is COc1cc(-c2c(C3=CN4CCC(=O)N=C4C=C3)n(C)c3ncnc(N)c23)ccc1Oc1cccc(C)n1. The second-order valence-electron chi connectivity index (χ2n) is 9.05. The number of carbonyl (C=O) groups excluding carboxylic acids is 1. The number of hydrogen-bond donors (Lipinski definition) is 1. The lowest BCUT2D eigenvalue weighted by atomic mass is 9.97. The molecule has 0 aliphatic carbocycles. The summed E-state index contributed by atoms with van der Waals surface area (Å²) >= 11 is 0. The van der Waals surface area contributed by atoms with E-state index in [0.717, 1.165) is 33.5 Å². The lowest BCUT2D eigenvalue weighted by Crippen LogP contribution is -2.33. The molecular weight excluding hydrogens is 482 g/mol. The highest BCUT2D eigenvalue weighted by molar-refractivity contribution is 6.10. The van der Waals surface area contributed by atoms with Crippen LogP contribution >= 0.6 is 0 Å². The molecular formula is C28H25N7O3. The summed E-state index contributed by atoms with van der Waals surface area (Å²) in [4.78, 5) is 31.2. The van der Waals surface area contributed by atoms with Crippen molar-refractivity contribution in [1.29, 1.82) is 0 Å². The fourth-order valence-corrected chi connectivity index (χ4v) is 4.85. The number of carbonyl (C=O) groups is 1. The first-order chi connectivity index (χ1) is 18.4. The molecule has 0 fully saturated rings. The van der Waals surface area contributed by atoms with E-state index in [9.17, 15) is 4.79 Å². The van der Waals surface area contributed by atoms with Gasteiger partial charge in [0.1, 0.15) is 23.6 Å². The molecule has 5 heterocycles. The molecule has 10 nitrogen and oxygen atoms in total. The van der Waals surface area contributed by atoms with Crippen molar-refractivity contribution in [3.63, 3.8) is 0 Å².